The Morgan fingerprint density at radius 2 is 1.81 bits per heavy atom. The van der Waals surface area contributed by atoms with Gasteiger partial charge in [-0.15, -0.1) is 24.0 Å². The Morgan fingerprint density at radius 3 is 2.45 bits per heavy atom. The lowest BCUT2D eigenvalue weighted by atomic mass is 10.2. The van der Waals surface area contributed by atoms with E-state index in [1.807, 2.05) is 49.4 Å². The first-order valence-electron chi connectivity index (χ1n) is 10.3. The van der Waals surface area contributed by atoms with Gasteiger partial charge in [-0.1, -0.05) is 42.5 Å². The molecule has 31 heavy (non-hydrogen) atoms. The van der Waals surface area contributed by atoms with Crippen LogP contribution >= 0.6 is 24.0 Å². The molecular formula is C22H31IN4O3S. The van der Waals surface area contributed by atoms with Gasteiger partial charge in [0.1, 0.15) is 0 Å². The summed E-state index contributed by atoms with van der Waals surface area (Å²) in [4.78, 5) is 4.85. The van der Waals surface area contributed by atoms with Gasteiger partial charge in [0.2, 0.25) is 10.0 Å². The molecule has 0 saturated carbocycles. The zero-order chi connectivity index (χ0) is 21.2. The fourth-order valence-electron chi connectivity index (χ4n) is 3.16. The zero-order valence-corrected chi connectivity index (χ0v) is 20.9. The van der Waals surface area contributed by atoms with Gasteiger partial charge in [0.15, 0.2) is 5.96 Å². The number of halogens is 1. The molecule has 170 valence electrons. The van der Waals surface area contributed by atoms with Crippen molar-refractivity contribution in [1.29, 1.82) is 0 Å². The number of sulfonamides is 1. The highest BCUT2D eigenvalue weighted by Crippen LogP contribution is 2.14. The molecule has 0 bridgehead atoms. The molecule has 1 aliphatic heterocycles. The molecule has 9 heteroatoms. The van der Waals surface area contributed by atoms with E-state index in [1.165, 1.54) is 0 Å². The summed E-state index contributed by atoms with van der Waals surface area (Å²) < 4.78 is 33.0. The van der Waals surface area contributed by atoms with E-state index in [2.05, 4.69) is 20.3 Å². The van der Waals surface area contributed by atoms with Crippen LogP contribution in [0, 0.1) is 0 Å². The molecule has 2 aromatic rings. The number of benzene rings is 2. The van der Waals surface area contributed by atoms with Gasteiger partial charge in [0.05, 0.1) is 17.5 Å². The predicted molar refractivity (Wildman–Crippen MR) is 134 cm³/mol. The molecule has 0 spiro atoms. The molecule has 2 aromatic carbocycles. The summed E-state index contributed by atoms with van der Waals surface area (Å²) in [7, 11) is -3.53. The summed E-state index contributed by atoms with van der Waals surface area (Å²) in [5.74, 6) is 0.719. The Balaban J connectivity index is 0.00000341. The standard InChI is InChI=1S/C22H30N4O3S.HI/c1-2-23-22(24-15-18-7-4-3-5-8-18)25-16-19-10-12-21(13-11-19)30(27,28)26-17-20-9-6-14-29-20;/h3-5,7-8,10-13,20,26H,2,6,9,14-17H2,1H3,(H2,23,24,25);1H. The van der Waals surface area contributed by atoms with Crippen molar-refractivity contribution in [1.82, 2.24) is 15.4 Å². The van der Waals surface area contributed by atoms with Gasteiger partial charge in [0, 0.05) is 26.2 Å². The van der Waals surface area contributed by atoms with E-state index in [4.69, 9.17) is 4.74 Å². The van der Waals surface area contributed by atoms with E-state index in [9.17, 15) is 8.42 Å². The third-order valence-electron chi connectivity index (χ3n) is 4.83. The largest absolute Gasteiger partial charge is 0.377 e. The predicted octanol–water partition coefficient (Wildman–Crippen LogP) is 3.02. The van der Waals surface area contributed by atoms with Crippen LogP contribution in [0.1, 0.15) is 30.9 Å². The van der Waals surface area contributed by atoms with Gasteiger partial charge in [-0.05, 0) is 43.0 Å². The van der Waals surface area contributed by atoms with Crippen molar-refractivity contribution in [3.8, 4) is 0 Å². The highest BCUT2D eigenvalue weighted by molar-refractivity contribution is 14.0. The first-order valence-corrected chi connectivity index (χ1v) is 11.8. The van der Waals surface area contributed by atoms with Crippen LogP contribution in [0.4, 0.5) is 0 Å². The van der Waals surface area contributed by atoms with E-state index in [0.29, 0.717) is 26.2 Å². The van der Waals surface area contributed by atoms with E-state index < -0.39 is 10.0 Å². The van der Waals surface area contributed by atoms with Crippen LogP contribution in [0.2, 0.25) is 0 Å². The van der Waals surface area contributed by atoms with Gasteiger partial charge in [-0.3, -0.25) is 0 Å². The van der Waals surface area contributed by atoms with Gasteiger partial charge < -0.3 is 15.4 Å². The molecular weight excluding hydrogens is 527 g/mol. The maximum atomic E-state index is 12.5. The quantitative estimate of drug-likeness (QED) is 0.250. The molecule has 0 aromatic heterocycles. The number of nitrogens with one attached hydrogen (secondary N) is 3. The maximum absolute atomic E-state index is 12.5. The third kappa shape index (κ3) is 8.40. The highest BCUT2D eigenvalue weighted by atomic mass is 127. The second-order valence-corrected chi connectivity index (χ2v) is 8.93. The number of hydrogen-bond donors (Lipinski definition) is 3. The lowest BCUT2D eigenvalue weighted by molar-refractivity contribution is 0.114. The van der Waals surface area contributed by atoms with Crippen molar-refractivity contribution in [2.24, 2.45) is 4.99 Å². The minimum atomic E-state index is -3.53. The van der Waals surface area contributed by atoms with Crippen LogP contribution < -0.4 is 15.4 Å². The molecule has 3 N–H and O–H groups in total. The van der Waals surface area contributed by atoms with Crippen molar-refractivity contribution in [2.45, 2.75) is 43.9 Å². The Labute approximate surface area is 202 Å². The highest BCUT2D eigenvalue weighted by Gasteiger charge is 2.20. The number of guanidine groups is 1. The number of rotatable bonds is 9. The normalized spacial score (nSPS) is 16.5. The van der Waals surface area contributed by atoms with Gasteiger partial charge >= 0.3 is 0 Å². The lowest BCUT2D eigenvalue weighted by Gasteiger charge is -2.13. The topological polar surface area (TPSA) is 91.8 Å². The van der Waals surface area contributed by atoms with Crippen molar-refractivity contribution >= 4 is 40.0 Å². The molecule has 7 nitrogen and oxygen atoms in total. The maximum Gasteiger partial charge on any atom is 0.240 e. The number of nitrogens with zero attached hydrogens (tertiary/aromatic N) is 1. The Hall–Kier alpha value is -1.69. The molecule has 1 aliphatic rings. The fourth-order valence-corrected chi connectivity index (χ4v) is 4.23. The monoisotopic (exact) mass is 558 g/mol. The number of hydrogen-bond acceptors (Lipinski definition) is 4. The van der Waals surface area contributed by atoms with Gasteiger partial charge in [-0.25, -0.2) is 18.1 Å². The Morgan fingerprint density at radius 1 is 1.06 bits per heavy atom. The molecule has 0 amide bonds. The van der Waals surface area contributed by atoms with E-state index in [-0.39, 0.29) is 35.0 Å². The molecule has 1 fully saturated rings. The SMILES string of the molecule is CCNC(=NCc1ccccc1)NCc1ccc(S(=O)(=O)NCC2CCCO2)cc1.I. The molecule has 3 rings (SSSR count). The second-order valence-electron chi connectivity index (χ2n) is 7.17. The molecule has 1 saturated heterocycles. The van der Waals surface area contributed by atoms with E-state index in [1.54, 1.807) is 12.1 Å². The van der Waals surface area contributed by atoms with Crippen molar-refractivity contribution in [3.05, 3.63) is 65.7 Å². The Kier molecular flexibility index (Phi) is 10.7. The van der Waals surface area contributed by atoms with Crippen LogP contribution in [0.25, 0.3) is 0 Å². The van der Waals surface area contributed by atoms with Gasteiger partial charge in [-0.2, -0.15) is 0 Å². The van der Waals surface area contributed by atoms with Crippen LogP contribution in [0.5, 0.6) is 0 Å². The summed E-state index contributed by atoms with van der Waals surface area (Å²) in [6.45, 7) is 4.93. The summed E-state index contributed by atoms with van der Waals surface area (Å²) in [6, 6.07) is 16.9. The van der Waals surface area contributed by atoms with Gasteiger partial charge in [0.25, 0.3) is 0 Å². The Bertz CT molecular complexity index is 916. The lowest BCUT2D eigenvalue weighted by Crippen LogP contribution is -2.36. The van der Waals surface area contributed by atoms with Crippen molar-refractivity contribution in [3.63, 3.8) is 0 Å². The van der Waals surface area contributed by atoms with Crippen LogP contribution in [0.15, 0.2) is 64.5 Å². The summed E-state index contributed by atoms with van der Waals surface area (Å²) in [5.41, 5.74) is 2.11. The summed E-state index contributed by atoms with van der Waals surface area (Å²) in [5, 5.41) is 6.51. The van der Waals surface area contributed by atoms with E-state index in [0.717, 1.165) is 36.5 Å². The smallest absolute Gasteiger partial charge is 0.240 e. The molecule has 0 aliphatic carbocycles. The molecule has 1 unspecified atom stereocenters. The summed E-state index contributed by atoms with van der Waals surface area (Å²) >= 11 is 0. The first kappa shape index (κ1) is 25.6. The van der Waals surface area contributed by atoms with E-state index >= 15 is 0 Å². The molecule has 1 heterocycles. The molecule has 0 radical (unpaired) electrons. The second kappa shape index (κ2) is 13.0. The number of ether oxygens (including phenoxy) is 1. The minimum Gasteiger partial charge on any atom is -0.377 e. The average Bonchev–Trinajstić information content (AvgIpc) is 3.29. The zero-order valence-electron chi connectivity index (χ0n) is 17.7. The molecule has 1 atom stereocenters. The van der Waals surface area contributed by atoms with Crippen LogP contribution in [-0.4, -0.2) is 40.2 Å². The number of aliphatic imine (C=N–C) groups is 1. The fraction of sp³-hybridized carbons (Fsp3) is 0.409. The third-order valence-corrected chi connectivity index (χ3v) is 6.26. The first-order chi connectivity index (χ1) is 14.6. The van der Waals surface area contributed by atoms with Crippen LogP contribution in [0.3, 0.4) is 0 Å². The summed E-state index contributed by atoms with van der Waals surface area (Å²) in [6.07, 6.45) is 1.85. The average molecular weight is 558 g/mol. The minimum absolute atomic E-state index is 0. The van der Waals surface area contributed by atoms with Crippen LogP contribution in [-0.2, 0) is 27.8 Å². The van der Waals surface area contributed by atoms with Crippen molar-refractivity contribution < 1.29 is 13.2 Å². The van der Waals surface area contributed by atoms with Crippen molar-refractivity contribution in [2.75, 3.05) is 19.7 Å².